The summed E-state index contributed by atoms with van der Waals surface area (Å²) in [4.78, 5) is 2.34. The van der Waals surface area contributed by atoms with Gasteiger partial charge in [0.2, 0.25) is 0 Å². The fourth-order valence-electron chi connectivity index (χ4n) is 3.92. The highest BCUT2D eigenvalue weighted by Gasteiger charge is 2.22. The molecule has 0 fully saturated rings. The van der Waals surface area contributed by atoms with E-state index in [1.54, 1.807) is 21.3 Å². The van der Waals surface area contributed by atoms with E-state index in [0.29, 0.717) is 0 Å². The van der Waals surface area contributed by atoms with Crippen molar-refractivity contribution in [2.45, 2.75) is 26.3 Å². The average Bonchev–Trinajstić information content (AvgIpc) is 2.76. The topological polar surface area (TPSA) is 56.7 Å². The fourth-order valence-corrected chi connectivity index (χ4v) is 3.92. The Bertz CT molecular complexity index is 1020. The molecule has 146 valence electrons. The molecule has 6 heteroatoms. The zero-order chi connectivity index (χ0) is 19.7. The summed E-state index contributed by atoms with van der Waals surface area (Å²) in [6, 6.07) is 8.33. The van der Waals surface area contributed by atoms with Crippen molar-refractivity contribution in [2.75, 3.05) is 32.8 Å². The molecular formula is C22H25N3O3. The molecule has 0 spiro atoms. The molecule has 0 unspecified atom stereocenters. The largest absolute Gasteiger partial charge is 0.496 e. The van der Waals surface area contributed by atoms with Crippen LogP contribution < -0.4 is 19.1 Å². The molecule has 0 saturated carbocycles. The van der Waals surface area contributed by atoms with Crippen LogP contribution in [0.15, 0.2) is 30.5 Å². The lowest BCUT2D eigenvalue weighted by molar-refractivity contribution is 0.353. The van der Waals surface area contributed by atoms with Crippen LogP contribution in [0.3, 0.4) is 0 Å². The van der Waals surface area contributed by atoms with Crippen LogP contribution in [0, 0.1) is 0 Å². The molecule has 1 aromatic heterocycles. The predicted octanol–water partition coefficient (Wildman–Crippen LogP) is 3.78. The van der Waals surface area contributed by atoms with Crippen molar-refractivity contribution < 1.29 is 14.2 Å². The number of ether oxygens (including phenoxy) is 3. The van der Waals surface area contributed by atoms with Crippen LogP contribution in [0.5, 0.6) is 17.2 Å². The van der Waals surface area contributed by atoms with E-state index >= 15 is 0 Å². The molecule has 6 nitrogen and oxygen atoms in total. The minimum absolute atomic E-state index is 0.759. The number of rotatable bonds is 5. The van der Waals surface area contributed by atoms with E-state index in [-0.39, 0.29) is 0 Å². The van der Waals surface area contributed by atoms with Gasteiger partial charge in [-0.1, -0.05) is 6.92 Å². The maximum atomic E-state index is 5.60. The van der Waals surface area contributed by atoms with Gasteiger partial charge in [-0.05, 0) is 53.8 Å². The lowest BCUT2D eigenvalue weighted by atomic mass is 9.98. The number of benzene rings is 2. The maximum Gasteiger partial charge on any atom is 0.161 e. The SMILES string of the molecule is CCc1cc2nncc(N3CCc4cc(OC)c(OC)cc4C3)c2cc1OC. The summed E-state index contributed by atoms with van der Waals surface area (Å²) >= 11 is 0. The molecule has 2 aromatic carbocycles. The number of aromatic nitrogens is 2. The van der Waals surface area contributed by atoms with Crippen LogP contribution in [0.1, 0.15) is 23.6 Å². The third-order valence-corrected chi connectivity index (χ3v) is 5.46. The molecule has 0 saturated heterocycles. The maximum absolute atomic E-state index is 5.60. The Morgan fingerprint density at radius 2 is 1.64 bits per heavy atom. The smallest absolute Gasteiger partial charge is 0.161 e. The summed E-state index contributed by atoms with van der Waals surface area (Å²) < 4.78 is 16.5. The van der Waals surface area contributed by atoms with Crippen molar-refractivity contribution in [2.24, 2.45) is 0 Å². The Labute approximate surface area is 165 Å². The van der Waals surface area contributed by atoms with Gasteiger partial charge in [0.05, 0.1) is 38.7 Å². The summed E-state index contributed by atoms with van der Waals surface area (Å²) in [6.45, 7) is 3.81. The number of hydrogen-bond donors (Lipinski definition) is 0. The number of hydrogen-bond acceptors (Lipinski definition) is 6. The van der Waals surface area contributed by atoms with Gasteiger partial charge in [0.25, 0.3) is 0 Å². The number of nitrogens with zero attached hydrogens (tertiary/aromatic N) is 3. The van der Waals surface area contributed by atoms with Gasteiger partial charge in [0.1, 0.15) is 5.75 Å². The van der Waals surface area contributed by atoms with Crippen molar-refractivity contribution in [3.63, 3.8) is 0 Å². The second-order valence-corrected chi connectivity index (χ2v) is 6.91. The van der Waals surface area contributed by atoms with E-state index in [1.165, 1.54) is 11.1 Å². The second kappa shape index (κ2) is 7.54. The zero-order valence-corrected chi connectivity index (χ0v) is 16.8. The molecule has 4 rings (SSSR count). The summed E-state index contributed by atoms with van der Waals surface area (Å²) in [5.74, 6) is 2.44. The van der Waals surface area contributed by atoms with E-state index in [0.717, 1.165) is 65.3 Å². The molecule has 0 N–H and O–H groups in total. The Hall–Kier alpha value is -3.02. The molecule has 1 aliphatic rings. The highest BCUT2D eigenvalue weighted by atomic mass is 16.5. The van der Waals surface area contributed by atoms with E-state index in [1.807, 2.05) is 6.20 Å². The first-order valence-electron chi connectivity index (χ1n) is 9.49. The summed E-state index contributed by atoms with van der Waals surface area (Å²) in [5, 5.41) is 9.67. The van der Waals surface area contributed by atoms with Crippen LogP contribution in [0.4, 0.5) is 5.69 Å². The van der Waals surface area contributed by atoms with Crippen LogP contribution >= 0.6 is 0 Å². The van der Waals surface area contributed by atoms with E-state index < -0.39 is 0 Å². The van der Waals surface area contributed by atoms with E-state index in [9.17, 15) is 0 Å². The Balaban J connectivity index is 1.75. The monoisotopic (exact) mass is 379 g/mol. The third-order valence-electron chi connectivity index (χ3n) is 5.46. The average molecular weight is 379 g/mol. The number of anilines is 1. The molecule has 0 atom stereocenters. The fraction of sp³-hybridized carbons (Fsp3) is 0.364. The molecule has 0 bridgehead atoms. The molecular weight excluding hydrogens is 354 g/mol. The number of methoxy groups -OCH3 is 3. The molecule has 0 radical (unpaired) electrons. The second-order valence-electron chi connectivity index (χ2n) is 6.91. The molecule has 2 heterocycles. The van der Waals surface area contributed by atoms with Crippen molar-refractivity contribution in [1.82, 2.24) is 10.2 Å². The summed E-state index contributed by atoms with van der Waals surface area (Å²) in [6.07, 6.45) is 3.67. The molecule has 28 heavy (non-hydrogen) atoms. The van der Waals surface area contributed by atoms with Crippen LogP contribution in [-0.4, -0.2) is 38.1 Å². The molecule has 3 aromatic rings. The Kier molecular flexibility index (Phi) is 4.94. The molecule has 0 amide bonds. The van der Waals surface area contributed by atoms with Gasteiger partial charge in [0, 0.05) is 18.5 Å². The van der Waals surface area contributed by atoms with Gasteiger partial charge in [-0.2, -0.15) is 10.2 Å². The highest BCUT2D eigenvalue weighted by Crippen LogP contribution is 2.37. The number of fused-ring (bicyclic) bond motifs is 2. The van der Waals surface area contributed by atoms with Gasteiger partial charge in [0.15, 0.2) is 11.5 Å². The van der Waals surface area contributed by atoms with Crippen molar-refractivity contribution >= 4 is 16.6 Å². The van der Waals surface area contributed by atoms with Gasteiger partial charge in [-0.3, -0.25) is 0 Å². The molecule has 1 aliphatic heterocycles. The quantitative estimate of drug-likeness (QED) is 0.672. The standard InChI is InChI=1S/C22H25N3O3/c1-5-14-8-18-17(11-20(14)26-2)19(12-23-24-18)25-7-6-15-9-21(27-3)22(28-4)10-16(15)13-25/h8-12H,5-7,13H2,1-4H3. The zero-order valence-electron chi connectivity index (χ0n) is 16.8. The third kappa shape index (κ3) is 3.09. The van der Waals surface area contributed by atoms with Gasteiger partial charge in [-0.15, -0.1) is 0 Å². The van der Waals surface area contributed by atoms with Crippen molar-refractivity contribution in [3.05, 3.63) is 47.2 Å². The van der Waals surface area contributed by atoms with Crippen LogP contribution in [-0.2, 0) is 19.4 Å². The van der Waals surface area contributed by atoms with E-state index in [4.69, 9.17) is 14.2 Å². The van der Waals surface area contributed by atoms with Crippen molar-refractivity contribution in [3.8, 4) is 17.2 Å². The first kappa shape index (κ1) is 18.3. The van der Waals surface area contributed by atoms with Crippen molar-refractivity contribution in [1.29, 1.82) is 0 Å². The number of aryl methyl sites for hydroxylation is 1. The minimum Gasteiger partial charge on any atom is -0.496 e. The lowest BCUT2D eigenvalue weighted by Crippen LogP contribution is -2.30. The Morgan fingerprint density at radius 1 is 0.929 bits per heavy atom. The van der Waals surface area contributed by atoms with Gasteiger partial charge in [-0.25, -0.2) is 0 Å². The predicted molar refractivity (Wildman–Crippen MR) is 110 cm³/mol. The lowest BCUT2D eigenvalue weighted by Gasteiger charge is -2.31. The van der Waals surface area contributed by atoms with Crippen LogP contribution in [0.25, 0.3) is 10.9 Å². The first-order valence-corrected chi connectivity index (χ1v) is 9.49. The van der Waals surface area contributed by atoms with E-state index in [2.05, 4.69) is 46.3 Å². The van der Waals surface area contributed by atoms with Gasteiger partial charge >= 0.3 is 0 Å². The van der Waals surface area contributed by atoms with Crippen LogP contribution in [0.2, 0.25) is 0 Å². The molecule has 0 aliphatic carbocycles. The Morgan fingerprint density at radius 3 is 2.32 bits per heavy atom. The normalized spacial score (nSPS) is 13.4. The first-order chi connectivity index (χ1) is 13.7. The summed E-state index contributed by atoms with van der Waals surface area (Å²) in [5.41, 5.74) is 5.65. The van der Waals surface area contributed by atoms with Gasteiger partial charge < -0.3 is 19.1 Å². The minimum atomic E-state index is 0.759. The highest BCUT2D eigenvalue weighted by molar-refractivity contribution is 5.92. The summed E-state index contributed by atoms with van der Waals surface area (Å²) in [7, 11) is 5.06.